The number of phosphoric acid groups is 2. The average molecular weight is 1420 g/mol. The molecule has 0 spiro atoms. The van der Waals surface area contributed by atoms with Gasteiger partial charge in [-0.05, 0) is 128 Å². The standard InChI is InChI=1S/C79H134O17P2/c1-5-9-13-17-21-25-29-33-36-40-43-47-51-55-59-63-76(81)89-69-74(95-78(83)65-61-57-53-49-45-39-32-28-24-20-16-12-8-4)71-93-97(85,86)91-67-73(80)68-92-98(87,88)94-72-75(96-79(84)66-62-58-54-50-46-42-38-35-31-27-23-19-15-11-7-3)70-90-77(82)64-60-56-52-48-44-41-37-34-30-26-22-18-14-10-6-2/h9-11,13-15,21-23,25-27,33-38,44,48,73-75,80H,5-8,12,16-20,24,28-32,39-43,45-47,49-72H2,1-4H3,(H,85,86)(H,87,88)/b13-9-,14-10-,15-11-,25-21-,26-22-,27-23-,36-33-,37-34-,38-35-,48-44-. The molecule has 0 fully saturated rings. The molecule has 0 heterocycles. The topological polar surface area (TPSA) is 237 Å². The van der Waals surface area contributed by atoms with Gasteiger partial charge >= 0.3 is 39.5 Å². The van der Waals surface area contributed by atoms with Gasteiger partial charge in [-0.1, -0.05) is 265 Å². The molecule has 0 aromatic heterocycles. The number of allylic oxidation sites excluding steroid dienone is 20. The van der Waals surface area contributed by atoms with Gasteiger partial charge in [0, 0.05) is 25.7 Å². The molecule has 0 aromatic rings. The van der Waals surface area contributed by atoms with Crippen LogP contribution in [0.1, 0.15) is 297 Å². The quantitative estimate of drug-likeness (QED) is 0.0169. The van der Waals surface area contributed by atoms with Gasteiger partial charge in [-0.25, -0.2) is 9.13 Å². The van der Waals surface area contributed by atoms with Gasteiger partial charge in [-0.15, -0.1) is 0 Å². The second kappa shape index (κ2) is 70.9. The van der Waals surface area contributed by atoms with Gasteiger partial charge in [-0.2, -0.15) is 0 Å². The molecule has 0 bridgehead atoms. The maximum Gasteiger partial charge on any atom is 0.472 e. The van der Waals surface area contributed by atoms with E-state index in [0.29, 0.717) is 25.7 Å². The SMILES string of the molecule is CC/C=C\C/C=C\C/C=C\C/C=C\CCCCC(=O)OCC(COP(=O)(O)OCC(O)COP(=O)(O)OCC(COC(=O)CCCCCCC/C=C\C/C=C\C/C=C\CC)OC(=O)CCCCCCCCCCCCCCC)OC(=O)CCCCCCC/C=C\C/C=C\C/C=C\CC. The zero-order valence-electron chi connectivity index (χ0n) is 61.2. The minimum atomic E-state index is -4.99. The van der Waals surface area contributed by atoms with Crippen LogP contribution in [0.5, 0.6) is 0 Å². The molecule has 0 saturated carbocycles. The zero-order valence-corrected chi connectivity index (χ0v) is 63.0. The first kappa shape index (κ1) is 93.5. The van der Waals surface area contributed by atoms with Gasteiger partial charge in [-0.3, -0.25) is 37.3 Å². The fourth-order valence-corrected chi connectivity index (χ4v) is 11.3. The summed E-state index contributed by atoms with van der Waals surface area (Å²) in [5.41, 5.74) is 0. The first-order chi connectivity index (χ1) is 47.7. The Kier molecular flexibility index (Phi) is 67.6. The van der Waals surface area contributed by atoms with Gasteiger partial charge in [0.1, 0.15) is 19.3 Å². The molecule has 0 aliphatic carbocycles. The molecule has 0 amide bonds. The molecule has 5 unspecified atom stereocenters. The third kappa shape index (κ3) is 69.9. The van der Waals surface area contributed by atoms with E-state index in [1.54, 1.807) is 0 Å². The highest BCUT2D eigenvalue weighted by Gasteiger charge is 2.30. The zero-order chi connectivity index (χ0) is 71.8. The molecule has 0 saturated heterocycles. The van der Waals surface area contributed by atoms with E-state index in [2.05, 4.69) is 149 Å². The summed E-state index contributed by atoms with van der Waals surface area (Å²) in [5.74, 6) is -2.26. The Hall–Kier alpha value is -4.54. The Morgan fingerprint density at radius 3 is 0.837 bits per heavy atom. The van der Waals surface area contributed by atoms with Crippen molar-refractivity contribution in [1.82, 2.24) is 0 Å². The molecular weight excluding hydrogens is 1280 g/mol. The molecule has 0 aliphatic rings. The number of carbonyl (C=O) groups excluding carboxylic acids is 4. The molecule has 5 atom stereocenters. The number of aliphatic hydroxyl groups excluding tert-OH is 1. The van der Waals surface area contributed by atoms with E-state index in [0.717, 1.165) is 167 Å². The van der Waals surface area contributed by atoms with E-state index in [1.807, 2.05) is 0 Å². The molecule has 98 heavy (non-hydrogen) atoms. The van der Waals surface area contributed by atoms with Crippen LogP contribution >= 0.6 is 15.6 Å². The molecule has 3 N–H and O–H groups in total. The van der Waals surface area contributed by atoms with Crippen molar-refractivity contribution in [2.45, 2.75) is 316 Å². The Labute approximate surface area is 593 Å². The number of hydrogen-bond donors (Lipinski definition) is 3. The van der Waals surface area contributed by atoms with Crippen molar-refractivity contribution < 1.29 is 80.2 Å². The van der Waals surface area contributed by atoms with Crippen LogP contribution in [0.4, 0.5) is 0 Å². The minimum absolute atomic E-state index is 0.0639. The molecular formula is C79H134O17P2. The lowest BCUT2D eigenvalue weighted by atomic mass is 10.0. The summed E-state index contributed by atoms with van der Waals surface area (Å²) in [6.45, 7) is 4.45. The number of esters is 4. The van der Waals surface area contributed by atoms with E-state index in [9.17, 15) is 43.2 Å². The lowest BCUT2D eigenvalue weighted by Gasteiger charge is -2.21. The highest BCUT2D eigenvalue weighted by Crippen LogP contribution is 2.45. The molecule has 17 nitrogen and oxygen atoms in total. The van der Waals surface area contributed by atoms with Crippen LogP contribution in [0.25, 0.3) is 0 Å². The lowest BCUT2D eigenvalue weighted by Crippen LogP contribution is -2.30. The Balaban J connectivity index is 5.40. The lowest BCUT2D eigenvalue weighted by molar-refractivity contribution is -0.161. The molecule has 0 aliphatic heterocycles. The maximum atomic E-state index is 13.1. The van der Waals surface area contributed by atoms with E-state index in [4.69, 9.17) is 37.0 Å². The van der Waals surface area contributed by atoms with E-state index in [1.165, 1.54) is 51.4 Å². The van der Waals surface area contributed by atoms with Gasteiger partial charge in [0.25, 0.3) is 0 Å². The highest BCUT2D eigenvalue weighted by atomic mass is 31.2. The second-order valence-corrected chi connectivity index (χ2v) is 27.7. The van der Waals surface area contributed by atoms with Crippen LogP contribution in [0.15, 0.2) is 122 Å². The van der Waals surface area contributed by atoms with Crippen molar-refractivity contribution in [3.63, 3.8) is 0 Å². The summed E-state index contributed by atoms with van der Waals surface area (Å²) < 4.78 is 68.4. The van der Waals surface area contributed by atoms with Crippen molar-refractivity contribution in [3.8, 4) is 0 Å². The number of rotatable bonds is 70. The Morgan fingerprint density at radius 1 is 0.296 bits per heavy atom. The molecule has 19 heteroatoms. The van der Waals surface area contributed by atoms with Crippen molar-refractivity contribution in [1.29, 1.82) is 0 Å². The normalized spacial score (nSPS) is 14.6. The predicted octanol–water partition coefficient (Wildman–Crippen LogP) is 21.6. The van der Waals surface area contributed by atoms with E-state index in [-0.39, 0.29) is 25.7 Å². The third-order valence-electron chi connectivity index (χ3n) is 15.4. The van der Waals surface area contributed by atoms with Crippen molar-refractivity contribution >= 4 is 39.5 Å². The van der Waals surface area contributed by atoms with Crippen molar-refractivity contribution in [2.24, 2.45) is 0 Å². The van der Waals surface area contributed by atoms with Crippen LogP contribution in [0.3, 0.4) is 0 Å². The van der Waals surface area contributed by atoms with E-state index >= 15 is 0 Å². The second-order valence-electron chi connectivity index (χ2n) is 24.8. The summed E-state index contributed by atoms with van der Waals surface area (Å²) in [6, 6.07) is 0. The van der Waals surface area contributed by atoms with Crippen LogP contribution in [0, 0.1) is 0 Å². The number of carbonyl (C=O) groups is 4. The number of aliphatic hydroxyl groups is 1. The van der Waals surface area contributed by atoms with Crippen LogP contribution < -0.4 is 0 Å². The Morgan fingerprint density at radius 2 is 0.531 bits per heavy atom. The monoisotopic (exact) mass is 1420 g/mol. The highest BCUT2D eigenvalue weighted by molar-refractivity contribution is 7.47. The van der Waals surface area contributed by atoms with Gasteiger partial charge in [0.05, 0.1) is 26.4 Å². The smallest absolute Gasteiger partial charge is 0.462 e. The summed E-state index contributed by atoms with van der Waals surface area (Å²) in [6.07, 6.45) is 76.2. The summed E-state index contributed by atoms with van der Waals surface area (Å²) in [7, 11) is -9.97. The average Bonchev–Trinajstić information content (AvgIpc) is 1.04. The first-order valence-electron chi connectivity index (χ1n) is 37.8. The van der Waals surface area contributed by atoms with Gasteiger partial charge in [0.15, 0.2) is 12.2 Å². The fourth-order valence-electron chi connectivity index (χ4n) is 9.77. The maximum absolute atomic E-state index is 13.1. The first-order valence-corrected chi connectivity index (χ1v) is 40.8. The predicted molar refractivity (Wildman–Crippen MR) is 399 cm³/mol. The number of unbranched alkanes of at least 4 members (excludes halogenated alkanes) is 24. The number of phosphoric ester groups is 2. The van der Waals surface area contributed by atoms with Crippen LogP contribution in [-0.2, 0) is 65.4 Å². The van der Waals surface area contributed by atoms with Crippen LogP contribution in [-0.4, -0.2) is 96.7 Å². The summed E-state index contributed by atoms with van der Waals surface area (Å²) >= 11 is 0. The third-order valence-corrected chi connectivity index (χ3v) is 17.3. The summed E-state index contributed by atoms with van der Waals surface area (Å²) in [5, 5.41) is 10.6. The van der Waals surface area contributed by atoms with Gasteiger partial charge < -0.3 is 33.8 Å². The molecule has 562 valence electrons. The molecule has 0 radical (unpaired) electrons. The number of ether oxygens (including phenoxy) is 4. The largest absolute Gasteiger partial charge is 0.472 e. The van der Waals surface area contributed by atoms with Crippen molar-refractivity contribution in [3.05, 3.63) is 122 Å². The van der Waals surface area contributed by atoms with Crippen LogP contribution in [0.2, 0.25) is 0 Å². The fraction of sp³-hybridized carbons (Fsp3) is 0.696. The Bertz CT molecular complexity index is 2340. The minimum Gasteiger partial charge on any atom is -0.462 e. The van der Waals surface area contributed by atoms with Crippen molar-refractivity contribution in [2.75, 3.05) is 39.6 Å². The molecule has 0 aromatic carbocycles. The molecule has 0 rings (SSSR count). The van der Waals surface area contributed by atoms with Gasteiger partial charge in [0.2, 0.25) is 0 Å². The van der Waals surface area contributed by atoms with E-state index < -0.39 is 97.5 Å². The number of hydrogen-bond acceptors (Lipinski definition) is 15. The summed E-state index contributed by atoms with van der Waals surface area (Å²) in [4.78, 5) is 72.8.